The lowest BCUT2D eigenvalue weighted by molar-refractivity contribution is 0.178. The summed E-state index contributed by atoms with van der Waals surface area (Å²) in [5.74, 6) is 1.75. The maximum atomic E-state index is 5.71. The van der Waals surface area contributed by atoms with Crippen LogP contribution in [0.25, 0.3) is 0 Å². The first-order valence-corrected chi connectivity index (χ1v) is 6.10. The molecular weight excluding hydrogens is 244 g/mol. The first-order chi connectivity index (χ1) is 9.28. The predicted molar refractivity (Wildman–Crippen MR) is 72.5 cm³/mol. The molecule has 0 radical (unpaired) electrons. The molecule has 102 valence electrons. The van der Waals surface area contributed by atoms with E-state index in [1.54, 1.807) is 25.7 Å². The zero-order chi connectivity index (χ0) is 13.5. The normalized spacial score (nSPS) is 10.6. The number of imidazole rings is 1. The zero-order valence-electron chi connectivity index (χ0n) is 10.9. The number of nitrogens with two attached hydrogens (primary N) is 1. The van der Waals surface area contributed by atoms with Crippen LogP contribution in [0.1, 0.15) is 12.2 Å². The molecule has 2 rings (SSSR count). The number of aromatic nitrogens is 4. The second-order valence-electron chi connectivity index (χ2n) is 4.11. The minimum atomic E-state index is 0.356. The number of rotatable bonds is 7. The van der Waals surface area contributed by atoms with Crippen molar-refractivity contribution in [1.82, 2.24) is 19.5 Å². The highest BCUT2D eigenvalue weighted by Gasteiger charge is 2.02. The molecule has 0 aliphatic carbocycles. The molecule has 0 amide bonds. The van der Waals surface area contributed by atoms with Gasteiger partial charge in [0, 0.05) is 38.7 Å². The van der Waals surface area contributed by atoms with Gasteiger partial charge in [-0.1, -0.05) is 0 Å². The van der Waals surface area contributed by atoms with Crippen molar-refractivity contribution >= 4 is 11.6 Å². The van der Waals surface area contributed by atoms with Gasteiger partial charge in [0.15, 0.2) is 5.82 Å². The van der Waals surface area contributed by atoms with Gasteiger partial charge in [0.25, 0.3) is 0 Å². The summed E-state index contributed by atoms with van der Waals surface area (Å²) < 4.78 is 7.03. The quantitative estimate of drug-likeness (QED) is 0.720. The number of aryl methyl sites for hydroxylation is 1. The van der Waals surface area contributed by atoms with Crippen molar-refractivity contribution in [2.75, 3.05) is 24.7 Å². The lowest BCUT2D eigenvalue weighted by Crippen LogP contribution is -2.10. The van der Waals surface area contributed by atoms with Crippen LogP contribution in [-0.4, -0.2) is 33.2 Å². The Kier molecular flexibility index (Phi) is 4.68. The Bertz CT molecular complexity index is 499. The molecule has 0 spiro atoms. The van der Waals surface area contributed by atoms with Crippen LogP contribution < -0.4 is 11.1 Å². The largest absolute Gasteiger partial charge is 0.384 e. The average Bonchev–Trinajstić information content (AvgIpc) is 2.87. The topological polar surface area (TPSA) is 90.9 Å². The molecule has 2 aromatic rings. The summed E-state index contributed by atoms with van der Waals surface area (Å²) in [7, 11) is 1.60. The molecule has 0 aromatic carbocycles. The van der Waals surface area contributed by atoms with Gasteiger partial charge in [0.2, 0.25) is 0 Å². The Hall–Kier alpha value is -2.15. The van der Waals surface area contributed by atoms with E-state index in [2.05, 4.69) is 20.3 Å². The number of methoxy groups -OCH3 is 1. The fraction of sp³-hybridized carbons (Fsp3) is 0.417. The van der Waals surface area contributed by atoms with E-state index in [0.29, 0.717) is 18.2 Å². The summed E-state index contributed by atoms with van der Waals surface area (Å²) in [6.07, 6.45) is 6.49. The van der Waals surface area contributed by atoms with Crippen molar-refractivity contribution in [3.8, 4) is 0 Å². The molecular formula is C12H18N6O. The number of anilines is 2. The first kappa shape index (κ1) is 13.3. The lowest BCUT2D eigenvalue weighted by atomic mass is 10.4. The second kappa shape index (κ2) is 6.69. The van der Waals surface area contributed by atoms with Crippen molar-refractivity contribution < 1.29 is 4.74 Å². The molecule has 7 nitrogen and oxygen atoms in total. The summed E-state index contributed by atoms with van der Waals surface area (Å²) in [6, 6.07) is 1.72. The molecule has 19 heavy (non-hydrogen) atoms. The maximum absolute atomic E-state index is 5.71. The molecule has 0 bridgehead atoms. The van der Waals surface area contributed by atoms with Gasteiger partial charge >= 0.3 is 0 Å². The van der Waals surface area contributed by atoms with Gasteiger partial charge in [0.1, 0.15) is 18.2 Å². The molecule has 3 N–H and O–H groups in total. The van der Waals surface area contributed by atoms with Gasteiger partial charge < -0.3 is 20.4 Å². The van der Waals surface area contributed by atoms with Crippen LogP contribution in [0.15, 0.2) is 24.8 Å². The Morgan fingerprint density at radius 2 is 2.32 bits per heavy atom. The molecule has 0 saturated carbocycles. The first-order valence-electron chi connectivity index (χ1n) is 6.10. The second-order valence-corrected chi connectivity index (χ2v) is 4.11. The van der Waals surface area contributed by atoms with Crippen molar-refractivity contribution in [3.63, 3.8) is 0 Å². The number of hydrogen-bond acceptors (Lipinski definition) is 6. The van der Waals surface area contributed by atoms with Crippen LogP contribution >= 0.6 is 0 Å². The smallest absolute Gasteiger partial charge is 0.158 e. The van der Waals surface area contributed by atoms with Crippen molar-refractivity contribution in [3.05, 3.63) is 30.6 Å². The van der Waals surface area contributed by atoms with E-state index < -0.39 is 0 Å². The van der Waals surface area contributed by atoms with E-state index in [4.69, 9.17) is 10.5 Å². The van der Waals surface area contributed by atoms with E-state index in [9.17, 15) is 0 Å². The molecule has 0 aliphatic heterocycles. The fourth-order valence-electron chi connectivity index (χ4n) is 1.70. The third-order valence-corrected chi connectivity index (χ3v) is 2.52. The van der Waals surface area contributed by atoms with Crippen molar-refractivity contribution in [2.24, 2.45) is 0 Å². The molecule has 0 fully saturated rings. The predicted octanol–water partition coefficient (Wildman–Crippen LogP) is 0.904. The minimum absolute atomic E-state index is 0.356. The zero-order valence-corrected chi connectivity index (χ0v) is 10.9. The third-order valence-electron chi connectivity index (χ3n) is 2.52. The van der Waals surface area contributed by atoms with Crippen LogP contribution in [-0.2, 0) is 17.9 Å². The maximum Gasteiger partial charge on any atom is 0.158 e. The minimum Gasteiger partial charge on any atom is -0.384 e. The summed E-state index contributed by atoms with van der Waals surface area (Å²) in [6.45, 7) is 2.08. The Morgan fingerprint density at radius 1 is 1.42 bits per heavy atom. The molecule has 7 heteroatoms. The molecule has 0 unspecified atom stereocenters. The van der Waals surface area contributed by atoms with Gasteiger partial charge in [0.05, 0.1) is 6.33 Å². The molecule has 0 aliphatic rings. The summed E-state index contributed by atoms with van der Waals surface area (Å²) >= 11 is 0. The summed E-state index contributed by atoms with van der Waals surface area (Å²) in [5.41, 5.74) is 5.71. The van der Waals surface area contributed by atoms with Gasteiger partial charge in [-0.05, 0) is 6.42 Å². The van der Waals surface area contributed by atoms with Gasteiger partial charge in [-0.2, -0.15) is 0 Å². The molecule has 2 aromatic heterocycles. The lowest BCUT2D eigenvalue weighted by Gasteiger charge is -2.08. The van der Waals surface area contributed by atoms with Crippen LogP contribution in [0.2, 0.25) is 0 Å². The highest BCUT2D eigenvalue weighted by atomic mass is 16.5. The van der Waals surface area contributed by atoms with Crippen LogP contribution in [0.3, 0.4) is 0 Å². The molecule has 0 saturated heterocycles. The van der Waals surface area contributed by atoms with E-state index >= 15 is 0 Å². The number of nitrogens with zero attached hydrogens (tertiary/aromatic N) is 4. The standard InChI is InChI=1S/C12H18N6O/c1-19-8-12-16-10(13)7-11(17-12)15-3-2-5-18-6-4-14-9-18/h4,6-7,9H,2-3,5,8H2,1H3,(H3,13,15,16,17). The Balaban J connectivity index is 1.81. The van der Waals surface area contributed by atoms with Gasteiger partial charge in [-0.3, -0.25) is 0 Å². The summed E-state index contributed by atoms with van der Waals surface area (Å²) in [5, 5.41) is 3.23. The van der Waals surface area contributed by atoms with Crippen LogP contribution in [0.5, 0.6) is 0 Å². The van der Waals surface area contributed by atoms with Crippen molar-refractivity contribution in [2.45, 2.75) is 19.6 Å². The van der Waals surface area contributed by atoms with Crippen molar-refractivity contribution in [1.29, 1.82) is 0 Å². The number of nitrogen functional groups attached to an aromatic ring is 1. The highest BCUT2D eigenvalue weighted by molar-refractivity contribution is 5.44. The van der Waals surface area contributed by atoms with E-state index in [1.807, 2.05) is 10.8 Å². The highest BCUT2D eigenvalue weighted by Crippen LogP contribution is 2.09. The van der Waals surface area contributed by atoms with Crippen LogP contribution in [0, 0.1) is 0 Å². The average molecular weight is 262 g/mol. The number of hydrogen-bond donors (Lipinski definition) is 2. The molecule has 0 atom stereocenters. The SMILES string of the molecule is COCc1nc(N)cc(NCCCn2ccnc2)n1. The fourth-order valence-corrected chi connectivity index (χ4v) is 1.70. The van der Waals surface area contributed by atoms with Gasteiger partial charge in [-0.25, -0.2) is 15.0 Å². The van der Waals surface area contributed by atoms with E-state index in [0.717, 1.165) is 25.3 Å². The Labute approximate surface area is 111 Å². The summed E-state index contributed by atoms with van der Waals surface area (Å²) in [4.78, 5) is 12.4. The third kappa shape index (κ3) is 4.22. The van der Waals surface area contributed by atoms with Gasteiger partial charge in [-0.15, -0.1) is 0 Å². The number of nitrogens with one attached hydrogen (secondary N) is 1. The number of ether oxygens (including phenoxy) is 1. The monoisotopic (exact) mass is 262 g/mol. The van der Waals surface area contributed by atoms with E-state index in [-0.39, 0.29) is 0 Å². The van der Waals surface area contributed by atoms with Crippen LogP contribution in [0.4, 0.5) is 11.6 Å². The molecule has 2 heterocycles. The van der Waals surface area contributed by atoms with E-state index in [1.165, 1.54) is 0 Å². The Morgan fingerprint density at radius 3 is 3.05 bits per heavy atom.